The Balaban J connectivity index is 1.90. The zero-order valence-corrected chi connectivity index (χ0v) is 16.3. The number of nitrogen functional groups attached to an aromatic ring is 1. The number of unbranched alkanes of at least 4 members (excludes halogenated alkanes) is 1. The van der Waals surface area contributed by atoms with Gasteiger partial charge in [-0.25, -0.2) is 0 Å². The fourth-order valence-electron chi connectivity index (χ4n) is 3.51. The van der Waals surface area contributed by atoms with Crippen molar-refractivity contribution in [3.05, 3.63) is 23.8 Å². The van der Waals surface area contributed by atoms with Gasteiger partial charge in [-0.05, 0) is 56.2 Å². The van der Waals surface area contributed by atoms with Crippen LogP contribution in [0.2, 0.25) is 0 Å². The minimum Gasteiger partial charge on any atom is -0.397 e. The summed E-state index contributed by atoms with van der Waals surface area (Å²) in [6.45, 7) is 10.4. The van der Waals surface area contributed by atoms with E-state index in [1.54, 1.807) is 0 Å². The number of rotatable bonds is 8. The molecule has 0 spiro atoms. The van der Waals surface area contributed by atoms with Gasteiger partial charge in [-0.3, -0.25) is 4.79 Å². The van der Waals surface area contributed by atoms with E-state index >= 15 is 0 Å². The molecule has 1 aromatic carbocycles. The molecule has 1 aliphatic rings. The summed E-state index contributed by atoms with van der Waals surface area (Å²) in [5.41, 5.74) is 9.46. The van der Waals surface area contributed by atoms with E-state index in [0.717, 1.165) is 68.3 Å². The maximum atomic E-state index is 12.4. The number of carbonyl (C=O) groups is 1. The third-order valence-corrected chi connectivity index (χ3v) is 5.36. The van der Waals surface area contributed by atoms with E-state index in [1.807, 2.05) is 4.90 Å². The SMILES string of the molecule is CCCCN(CC)C(=O)CCc1ccc(N2CCC(C)CC2)c(N)c1. The molecule has 0 aliphatic carbocycles. The lowest BCUT2D eigenvalue weighted by Gasteiger charge is -2.33. The predicted octanol–water partition coefficient (Wildman–Crippen LogP) is 4.09. The van der Waals surface area contributed by atoms with Gasteiger partial charge in [-0.1, -0.05) is 26.3 Å². The van der Waals surface area contributed by atoms with Crippen LogP contribution in [0.4, 0.5) is 11.4 Å². The smallest absolute Gasteiger partial charge is 0.222 e. The Kier molecular flexibility index (Phi) is 7.60. The summed E-state index contributed by atoms with van der Waals surface area (Å²) in [6.07, 6.45) is 6.01. The average Bonchev–Trinajstić information content (AvgIpc) is 2.61. The summed E-state index contributed by atoms with van der Waals surface area (Å²) in [5.74, 6) is 1.07. The highest BCUT2D eigenvalue weighted by Crippen LogP contribution is 2.29. The minimum atomic E-state index is 0.253. The second-order valence-electron chi connectivity index (χ2n) is 7.39. The van der Waals surface area contributed by atoms with Gasteiger partial charge in [0.1, 0.15) is 0 Å². The van der Waals surface area contributed by atoms with Crippen LogP contribution >= 0.6 is 0 Å². The first kappa shape index (κ1) is 19.6. The summed E-state index contributed by atoms with van der Waals surface area (Å²) >= 11 is 0. The third-order valence-electron chi connectivity index (χ3n) is 5.36. The lowest BCUT2D eigenvalue weighted by atomic mass is 9.98. The molecule has 1 amide bonds. The standard InChI is InChI=1S/C21H35N3O/c1-4-6-13-23(5-2)21(25)10-8-18-7-9-20(19(22)16-18)24-14-11-17(3)12-15-24/h7,9,16-17H,4-6,8,10-15,22H2,1-3H3. The molecular formula is C21H35N3O. The molecule has 0 saturated carbocycles. The van der Waals surface area contributed by atoms with Gasteiger partial charge in [0.05, 0.1) is 11.4 Å². The highest BCUT2D eigenvalue weighted by Gasteiger charge is 2.18. The van der Waals surface area contributed by atoms with Gasteiger partial charge in [-0.15, -0.1) is 0 Å². The maximum absolute atomic E-state index is 12.4. The van der Waals surface area contributed by atoms with Crippen LogP contribution in [0.5, 0.6) is 0 Å². The fourth-order valence-corrected chi connectivity index (χ4v) is 3.51. The molecule has 2 N–H and O–H groups in total. The molecule has 1 aromatic rings. The van der Waals surface area contributed by atoms with Crippen LogP contribution in [0.15, 0.2) is 18.2 Å². The molecule has 1 saturated heterocycles. The number of nitrogens with two attached hydrogens (primary N) is 1. The number of carbonyl (C=O) groups excluding carboxylic acids is 1. The monoisotopic (exact) mass is 345 g/mol. The Bertz CT molecular complexity index is 550. The van der Waals surface area contributed by atoms with Crippen molar-refractivity contribution in [1.82, 2.24) is 4.90 Å². The van der Waals surface area contributed by atoms with Crippen molar-refractivity contribution >= 4 is 17.3 Å². The first-order chi connectivity index (χ1) is 12.0. The van der Waals surface area contributed by atoms with Gasteiger partial charge < -0.3 is 15.5 Å². The first-order valence-electron chi connectivity index (χ1n) is 9.96. The number of aryl methyl sites for hydroxylation is 1. The van der Waals surface area contributed by atoms with Gasteiger partial charge in [0.15, 0.2) is 0 Å². The molecule has 25 heavy (non-hydrogen) atoms. The van der Waals surface area contributed by atoms with E-state index in [9.17, 15) is 4.79 Å². The van der Waals surface area contributed by atoms with Crippen LogP contribution in [-0.4, -0.2) is 37.0 Å². The molecule has 4 nitrogen and oxygen atoms in total. The number of hydrogen-bond acceptors (Lipinski definition) is 3. The number of piperidine rings is 1. The third kappa shape index (κ3) is 5.65. The van der Waals surface area contributed by atoms with Crippen molar-refractivity contribution < 1.29 is 4.79 Å². The topological polar surface area (TPSA) is 49.6 Å². The number of benzene rings is 1. The van der Waals surface area contributed by atoms with E-state index in [1.165, 1.54) is 12.8 Å². The largest absolute Gasteiger partial charge is 0.397 e. The molecular weight excluding hydrogens is 310 g/mol. The molecule has 1 fully saturated rings. The molecule has 0 aromatic heterocycles. The Morgan fingerprint density at radius 1 is 1.28 bits per heavy atom. The van der Waals surface area contributed by atoms with Crippen LogP contribution in [0.1, 0.15) is 58.4 Å². The number of anilines is 2. The van der Waals surface area contributed by atoms with Crippen molar-refractivity contribution in [2.45, 2.75) is 59.3 Å². The second kappa shape index (κ2) is 9.69. The molecule has 4 heteroatoms. The van der Waals surface area contributed by atoms with Crippen molar-refractivity contribution in [2.24, 2.45) is 5.92 Å². The number of nitrogens with zero attached hydrogens (tertiary/aromatic N) is 2. The quantitative estimate of drug-likeness (QED) is 0.722. The predicted molar refractivity (Wildman–Crippen MR) is 107 cm³/mol. The lowest BCUT2D eigenvalue weighted by molar-refractivity contribution is -0.131. The van der Waals surface area contributed by atoms with E-state index in [-0.39, 0.29) is 5.91 Å². The number of amides is 1. The normalized spacial score (nSPS) is 15.4. The highest BCUT2D eigenvalue weighted by atomic mass is 16.2. The van der Waals surface area contributed by atoms with Gasteiger partial charge in [0.2, 0.25) is 5.91 Å². The minimum absolute atomic E-state index is 0.253. The van der Waals surface area contributed by atoms with Gasteiger partial charge in [0.25, 0.3) is 0 Å². The second-order valence-corrected chi connectivity index (χ2v) is 7.39. The Labute approximate surface area is 153 Å². The fraction of sp³-hybridized carbons (Fsp3) is 0.667. The maximum Gasteiger partial charge on any atom is 0.222 e. The molecule has 0 radical (unpaired) electrons. The van der Waals surface area contributed by atoms with E-state index in [2.05, 4.69) is 43.9 Å². The summed E-state index contributed by atoms with van der Waals surface area (Å²) in [6, 6.07) is 6.34. The Morgan fingerprint density at radius 2 is 2.00 bits per heavy atom. The van der Waals surface area contributed by atoms with Crippen LogP contribution in [0.3, 0.4) is 0 Å². The summed E-state index contributed by atoms with van der Waals surface area (Å²) in [7, 11) is 0. The van der Waals surface area contributed by atoms with Gasteiger partial charge in [0, 0.05) is 32.6 Å². The van der Waals surface area contributed by atoms with Crippen molar-refractivity contribution in [2.75, 3.05) is 36.8 Å². The summed E-state index contributed by atoms with van der Waals surface area (Å²) in [4.78, 5) is 16.7. The van der Waals surface area contributed by atoms with Crippen LogP contribution in [0, 0.1) is 5.92 Å². The lowest BCUT2D eigenvalue weighted by Crippen LogP contribution is -2.33. The molecule has 2 rings (SSSR count). The Hall–Kier alpha value is -1.71. The average molecular weight is 346 g/mol. The number of hydrogen-bond donors (Lipinski definition) is 1. The van der Waals surface area contributed by atoms with Crippen molar-refractivity contribution in [3.8, 4) is 0 Å². The van der Waals surface area contributed by atoms with E-state index in [0.29, 0.717) is 6.42 Å². The van der Waals surface area contributed by atoms with Gasteiger partial charge >= 0.3 is 0 Å². The van der Waals surface area contributed by atoms with Crippen molar-refractivity contribution in [1.29, 1.82) is 0 Å². The van der Waals surface area contributed by atoms with Gasteiger partial charge in [-0.2, -0.15) is 0 Å². The summed E-state index contributed by atoms with van der Waals surface area (Å²) < 4.78 is 0. The first-order valence-corrected chi connectivity index (χ1v) is 9.96. The molecule has 140 valence electrons. The zero-order valence-electron chi connectivity index (χ0n) is 16.3. The van der Waals surface area contributed by atoms with Crippen LogP contribution in [0.25, 0.3) is 0 Å². The van der Waals surface area contributed by atoms with E-state index < -0.39 is 0 Å². The molecule has 0 unspecified atom stereocenters. The Morgan fingerprint density at radius 3 is 2.60 bits per heavy atom. The summed E-state index contributed by atoms with van der Waals surface area (Å²) in [5, 5.41) is 0. The highest BCUT2D eigenvalue weighted by molar-refractivity contribution is 5.76. The van der Waals surface area contributed by atoms with Crippen LogP contribution in [-0.2, 0) is 11.2 Å². The van der Waals surface area contributed by atoms with Crippen LogP contribution < -0.4 is 10.6 Å². The molecule has 0 atom stereocenters. The molecule has 1 aliphatic heterocycles. The zero-order chi connectivity index (χ0) is 18.2. The molecule has 1 heterocycles. The van der Waals surface area contributed by atoms with E-state index in [4.69, 9.17) is 5.73 Å². The van der Waals surface area contributed by atoms with Crippen molar-refractivity contribution in [3.63, 3.8) is 0 Å². The molecule has 0 bridgehead atoms.